The summed E-state index contributed by atoms with van der Waals surface area (Å²) in [5.41, 5.74) is 1.93. The molecule has 0 radical (unpaired) electrons. The van der Waals surface area contributed by atoms with E-state index in [2.05, 4.69) is 6.92 Å². The molecule has 21 heavy (non-hydrogen) atoms. The largest absolute Gasteiger partial charge is 0.512 e. The highest BCUT2D eigenvalue weighted by Gasteiger charge is 2.43. The van der Waals surface area contributed by atoms with Crippen LogP contribution in [0, 0.1) is 11.3 Å². The quantitative estimate of drug-likeness (QED) is 0.636. The van der Waals surface area contributed by atoms with Crippen molar-refractivity contribution in [3.05, 3.63) is 47.2 Å². The molecule has 2 saturated carbocycles. The minimum atomic E-state index is 0.170. The zero-order valence-corrected chi connectivity index (χ0v) is 12.8. The Bertz CT molecular complexity index is 558. The van der Waals surface area contributed by atoms with Crippen molar-refractivity contribution in [3.63, 3.8) is 0 Å². The number of hydrogen-bond acceptors (Lipinski definition) is 2. The fourth-order valence-corrected chi connectivity index (χ4v) is 4.06. The maximum atomic E-state index is 12.5. The monoisotopic (exact) mass is 284 g/mol. The van der Waals surface area contributed by atoms with E-state index in [1.165, 1.54) is 19.3 Å². The molecule has 0 aliphatic heterocycles. The number of aliphatic hydroxyl groups is 1. The van der Waals surface area contributed by atoms with Gasteiger partial charge in [-0.2, -0.15) is 0 Å². The number of Topliss-reactive ketones (excluding diaryl/α,β-unsaturated/α-hetero) is 1. The summed E-state index contributed by atoms with van der Waals surface area (Å²) in [6.07, 6.45) is 6.74. The van der Waals surface area contributed by atoms with Crippen molar-refractivity contribution in [3.8, 4) is 0 Å². The summed E-state index contributed by atoms with van der Waals surface area (Å²) < 4.78 is 0. The van der Waals surface area contributed by atoms with Crippen molar-refractivity contribution in [1.29, 1.82) is 0 Å². The van der Waals surface area contributed by atoms with Gasteiger partial charge in [-0.25, -0.2) is 0 Å². The van der Waals surface area contributed by atoms with Gasteiger partial charge >= 0.3 is 0 Å². The molecule has 0 amide bonds. The van der Waals surface area contributed by atoms with Gasteiger partial charge in [0.25, 0.3) is 0 Å². The van der Waals surface area contributed by atoms with E-state index in [0.717, 1.165) is 18.4 Å². The number of carbonyl (C=O) groups excluding carboxylic acids is 1. The molecule has 2 unspecified atom stereocenters. The van der Waals surface area contributed by atoms with Crippen LogP contribution in [-0.2, 0) is 11.2 Å². The Morgan fingerprint density at radius 2 is 2.05 bits per heavy atom. The summed E-state index contributed by atoms with van der Waals surface area (Å²) in [6.45, 7) is 2.26. The molecule has 0 saturated heterocycles. The van der Waals surface area contributed by atoms with E-state index < -0.39 is 0 Å². The third-order valence-electron chi connectivity index (χ3n) is 5.45. The highest BCUT2D eigenvalue weighted by molar-refractivity contribution is 5.97. The van der Waals surface area contributed by atoms with Gasteiger partial charge in [0.1, 0.15) is 5.76 Å². The number of carbonyl (C=O) groups is 1. The molecule has 1 aromatic rings. The molecule has 1 N–H and O–H groups in total. The summed E-state index contributed by atoms with van der Waals surface area (Å²) in [6, 6.07) is 9.89. The van der Waals surface area contributed by atoms with Crippen LogP contribution >= 0.6 is 0 Å². The Morgan fingerprint density at radius 3 is 2.81 bits per heavy atom. The van der Waals surface area contributed by atoms with E-state index in [1.807, 2.05) is 30.3 Å². The number of benzene rings is 1. The molecule has 2 aliphatic carbocycles. The minimum Gasteiger partial charge on any atom is -0.512 e. The van der Waals surface area contributed by atoms with E-state index in [0.29, 0.717) is 30.1 Å². The van der Waals surface area contributed by atoms with E-state index in [9.17, 15) is 9.90 Å². The number of rotatable bonds is 2. The van der Waals surface area contributed by atoms with Gasteiger partial charge in [-0.1, -0.05) is 50.1 Å². The Morgan fingerprint density at radius 1 is 1.29 bits per heavy atom. The second-order valence-electron chi connectivity index (χ2n) is 6.99. The first-order valence-electron chi connectivity index (χ1n) is 8.06. The van der Waals surface area contributed by atoms with Crippen LogP contribution in [0.2, 0.25) is 0 Å². The number of allylic oxidation sites excluding steroid dienone is 2. The molecule has 3 rings (SSSR count). The van der Waals surface area contributed by atoms with E-state index >= 15 is 0 Å². The van der Waals surface area contributed by atoms with Gasteiger partial charge in [-0.3, -0.25) is 4.79 Å². The number of hydrogen-bond donors (Lipinski definition) is 1. The van der Waals surface area contributed by atoms with Crippen LogP contribution in [0.25, 0.3) is 0 Å². The summed E-state index contributed by atoms with van der Waals surface area (Å²) in [5.74, 6) is 1.03. The lowest BCUT2D eigenvalue weighted by molar-refractivity contribution is -0.122. The minimum absolute atomic E-state index is 0.170. The molecule has 2 nitrogen and oxygen atoms in total. The van der Waals surface area contributed by atoms with E-state index in [1.54, 1.807) is 0 Å². The Labute approximate surface area is 126 Å². The molecular formula is C19H24O2. The highest BCUT2D eigenvalue weighted by atomic mass is 16.3. The fraction of sp³-hybridized carbons (Fsp3) is 0.526. The van der Waals surface area contributed by atoms with Gasteiger partial charge < -0.3 is 5.11 Å². The zero-order chi connectivity index (χ0) is 14.9. The average Bonchev–Trinajstić information content (AvgIpc) is 2.46. The molecule has 2 heteroatoms. The molecule has 0 heterocycles. The molecule has 0 spiro atoms. The highest BCUT2D eigenvalue weighted by Crippen LogP contribution is 2.50. The van der Waals surface area contributed by atoms with Crippen LogP contribution in [0.3, 0.4) is 0 Å². The number of fused-ring (bicyclic) bond motifs is 1. The molecule has 0 aromatic heterocycles. The first kappa shape index (κ1) is 14.4. The predicted molar refractivity (Wildman–Crippen MR) is 84.1 cm³/mol. The van der Waals surface area contributed by atoms with Crippen molar-refractivity contribution < 1.29 is 9.90 Å². The Kier molecular flexibility index (Phi) is 3.88. The predicted octanol–water partition coefficient (Wildman–Crippen LogP) is 4.60. The van der Waals surface area contributed by atoms with Crippen molar-refractivity contribution in [1.82, 2.24) is 0 Å². The van der Waals surface area contributed by atoms with E-state index in [4.69, 9.17) is 0 Å². The molecule has 2 atom stereocenters. The van der Waals surface area contributed by atoms with Gasteiger partial charge in [0.2, 0.25) is 0 Å². The second-order valence-corrected chi connectivity index (χ2v) is 6.99. The molecule has 112 valence electrons. The van der Waals surface area contributed by atoms with Crippen molar-refractivity contribution in [2.24, 2.45) is 11.3 Å². The standard InChI is InChI=1S/C19H24O2/c1-19-10-6-5-9-15(19)12-16(18(21)13-19)17(20)11-14-7-3-2-4-8-14/h2-4,7-8,15,20H,5-6,9-13H2,1H3/b17-16+. The fourth-order valence-electron chi connectivity index (χ4n) is 4.06. The maximum absolute atomic E-state index is 12.5. The third kappa shape index (κ3) is 2.90. The molecular weight excluding hydrogens is 260 g/mol. The van der Waals surface area contributed by atoms with Crippen molar-refractivity contribution in [2.75, 3.05) is 0 Å². The maximum Gasteiger partial charge on any atom is 0.162 e. The SMILES string of the molecule is CC12CCCCC1C/C(=C(\O)Cc1ccccc1)C(=O)C2. The van der Waals surface area contributed by atoms with Gasteiger partial charge in [0, 0.05) is 18.4 Å². The van der Waals surface area contributed by atoms with Gasteiger partial charge in [0.15, 0.2) is 5.78 Å². The summed E-state index contributed by atoms with van der Waals surface area (Å²) in [7, 11) is 0. The van der Waals surface area contributed by atoms with Crippen molar-refractivity contribution >= 4 is 5.78 Å². The number of aliphatic hydroxyl groups excluding tert-OH is 1. The lowest BCUT2D eigenvalue weighted by atomic mass is 9.59. The Balaban J connectivity index is 1.81. The smallest absolute Gasteiger partial charge is 0.162 e. The summed E-state index contributed by atoms with van der Waals surface area (Å²) in [4.78, 5) is 12.5. The van der Waals surface area contributed by atoms with Crippen LogP contribution in [-0.4, -0.2) is 10.9 Å². The summed E-state index contributed by atoms with van der Waals surface area (Å²) in [5, 5.41) is 10.4. The van der Waals surface area contributed by atoms with Crippen LogP contribution in [0.4, 0.5) is 0 Å². The second kappa shape index (κ2) is 5.67. The van der Waals surface area contributed by atoms with Gasteiger partial charge in [0.05, 0.1) is 0 Å². The third-order valence-corrected chi connectivity index (χ3v) is 5.45. The molecule has 0 bridgehead atoms. The van der Waals surface area contributed by atoms with Crippen LogP contribution < -0.4 is 0 Å². The Hall–Kier alpha value is -1.57. The first-order chi connectivity index (χ1) is 10.1. The van der Waals surface area contributed by atoms with Crippen LogP contribution in [0.1, 0.15) is 51.0 Å². The van der Waals surface area contributed by atoms with Crippen LogP contribution in [0.15, 0.2) is 41.7 Å². The van der Waals surface area contributed by atoms with Crippen LogP contribution in [0.5, 0.6) is 0 Å². The lowest BCUT2D eigenvalue weighted by Gasteiger charge is -2.45. The van der Waals surface area contributed by atoms with Gasteiger partial charge in [-0.05, 0) is 36.2 Å². The average molecular weight is 284 g/mol. The van der Waals surface area contributed by atoms with Gasteiger partial charge in [-0.15, -0.1) is 0 Å². The zero-order valence-electron chi connectivity index (χ0n) is 12.8. The van der Waals surface area contributed by atoms with E-state index in [-0.39, 0.29) is 11.2 Å². The topological polar surface area (TPSA) is 37.3 Å². The molecule has 1 aromatic carbocycles. The number of ketones is 1. The molecule has 2 fully saturated rings. The van der Waals surface area contributed by atoms with Crippen molar-refractivity contribution in [2.45, 2.75) is 51.9 Å². The first-order valence-corrected chi connectivity index (χ1v) is 8.06. The normalized spacial score (nSPS) is 31.7. The summed E-state index contributed by atoms with van der Waals surface area (Å²) >= 11 is 0. The molecule has 2 aliphatic rings. The lowest BCUT2D eigenvalue weighted by Crippen LogP contribution is -2.39.